The summed E-state index contributed by atoms with van der Waals surface area (Å²) >= 11 is 0. The van der Waals surface area contributed by atoms with Crippen LogP contribution in [-0.2, 0) is 9.53 Å². The Morgan fingerprint density at radius 3 is 3.00 bits per heavy atom. The molecule has 0 unspecified atom stereocenters. The van der Waals surface area contributed by atoms with E-state index in [-0.39, 0.29) is 12.4 Å². The summed E-state index contributed by atoms with van der Waals surface area (Å²) in [4.78, 5) is 10.7. The Labute approximate surface area is 73.8 Å². The van der Waals surface area contributed by atoms with Crippen LogP contribution in [0.25, 0.3) is 0 Å². The molecule has 0 aromatic carbocycles. The van der Waals surface area contributed by atoms with Crippen LogP contribution in [0.15, 0.2) is 12.7 Å². The Hall–Kier alpha value is -0.670. The van der Waals surface area contributed by atoms with Gasteiger partial charge in [-0.1, -0.05) is 13.0 Å². The minimum Gasteiger partial charge on any atom is -0.372 e. The summed E-state index contributed by atoms with van der Waals surface area (Å²) in [6.45, 7) is 7.77. The largest absolute Gasteiger partial charge is 0.372 e. The molecule has 0 fully saturated rings. The van der Waals surface area contributed by atoms with Gasteiger partial charge in [0, 0.05) is 19.5 Å². The van der Waals surface area contributed by atoms with Crippen molar-refractivity contribution in [3.8, 4) is 0 Å². The first kappa shape index (κ1) is 11.3. The number of carbonyl (C=O) groups excluding carboxylic acids is 1. The van der Waals surface area contributed by atoms with Crippen molar-refractivity contribution in [3.05, 3.63) is 12.7 Å². The normalized spacial score (nSPS) is 9.75. The monoisotopic (exact) mass is 171 g/mol. The predicted molar refractivity (Wildman–Crippen MR) is 49.2 cm³/mol. The SMILES string of the molecule is C=CCNCCOCC(=O)CC. The Balaban J connectivity index is 3.00. The molecule has 0 rings (SSSR count). The summed E-state index contributed by atoms with van der Waals surface area (Å²) in [5.41, 5.74) is 0. The maximum atomic E-state index is 10.7. The van der Waals surface area contributed by atoms with Crippen molar-refractivity contribution in [1.82, 2.24) is 5.32 Å². The fourth-order valence-electron chi connectivity index (χ4n) is 0.637. The molecule has 0 aromatic heterocycles. The Kier molecular flexibility index (Phi) is 7.96. The van der Waals surface area contributed by atoms with Crippen molar-refractivity contribution in [2.24, 2.45) is 0 Å². The minimum absolute atomic E-state index is 0.152. The molecular formula is C9H17NO2. The lowest BCUT2D eigenvalue weighted by atomic mass is 10.3. The molecule has 0 atom stereocenters. The number of carbonyl (C=O) groups is 1. The number of hydrogen-bond acceptors (Lipinski definition) is 3. The number of rotatable bonds is 8. The van der Waals surface area contributed by atoms with Crippen LogP contribution in [-0.4, -0.2) is 32.1 Å². The fraction of sp³-hybridized carbons (Fsp3) is 0.667. The van der Waals surface area contributed by atoms with Gasteiger partial charge < -0.3 is 10.1 Å². The second kappa shape index (κ2) is 8.43. The van der Waals surface area contributed by atoms with Gasteiger partial charge in [0.15, 0.2) is 5.78 Å². The third kappa shape index (κ3) is 7.44. The molecule has 0 saturated heterocycles. The molecule has 0 aliphatic carbocycles. The smallest absolute Gasteiger partial charge is 0.158 e. The maximum absolute atomic E-state index is 10.7. The highest BCUT2D eigenvalue weighted by atomic mass is 16.5. The van der Waals surface area contributed by atoms with E-state index in [1.165, 1.54) is 0 Å². The molecule has 12 heavy (non-hydrogen) atoms. The van der Waals surface area contributed by atoms with Gasteiger partial charge >= 0.3 is 0 Å². The topological polar surface area (TPSA) is 38.3 Å². The highest BCUT2D eigenvalue weighted by Gasteiger charge is 1.96. The first-order valence-corrected chi connectivity index (χ1v) is 4.22. The fourth-order valence-corrected chi connectivity index (χ4v) is 0.637. The number of ether oxygens (including phenoxy) is 1. The van der Waals surface area contributed by atoms with Crippen LogP contribution in [0.4, 0.5) is 0 Å². The zero-order valence-electron chi connectivity index (χ0n) is 7.64. The highest BCUT2D eigenvalue weighted by Crippen LogP contribution is 1.82. The van der Waals surface area contributed by atoms with Crippen LogP contribution in [0, 0.1) is 0 Å². The minimum atomic E-state index is 0.152. The lowest BCUT2D eigenvalue weighted by Gasteiger charge is -2.02. The van der Waals surface area contributed by atoms with Gasteiger partial charge in [0.05, 0.1) is 6.61 Å². The summed E-state index contributed by atoms with van der Waals surface area (Å²) in [5.74, 6) is 0.152. The second-order valence-corrected chi connectivity index (χ2v) is 2.44. The summed E-state index contributed by atoms with van der Waals surface area (Å²) < 4.78 is 5.09. The van der Waals surface area contributed by atoms with E-state index in [0.717, 1.165) is 13.1 Å². The van der Waals surface area contributed by atoms with Crippen molar-refractivity contribution in [3.63, 3.8) is 0 Å². The van der Waals surface area contributed by atoms with E-state index in [2.05, 4.69) is 11.9 Å². The van der Waals surface area contributed by atoms with Crippen molar-refractivity contribution in [1.29, 1.82) is 0 Å². The van der Waals surface area contributed by atoms with Gasteiger partial charge in [-0.05, 0) is 0 Å². The van der Waals surface area contributed by atoms with Gasteiger partial charge in [-0.25, -0.2) is 0 Å². The number of nitrogens with one attached hydrogen (secondary N) is 1. The molecule has 0 aliphatic heterocycles. The Morgan fingerprint density at radius 1 is 1.67 bits per heavy atom. The standard InChI is InChI=1S/C9H17NO2/c1-3-5-10-6-7-12-8-9(11)4-2/h3,10H,1,4-8H2,2H3. The maximum Gasteiger partial charge on any atom is 0.158 e. The molecule has 0 saturated carbocycles. The number of ketones is 1. The third-order valence-corrected chi connectivity index (χ3v) is 1.37. The number of hydrogen-bond donors (Lipinski definition) is 1. The lowest BCUT2D eigenvalue weighted by molar-refractivity contribution is -0.123. The molecule has 3 heteroatoms. The molecule has 70 valence electrons. The Morgan fingerprint density at radius 2 is 2.42 bits per heavy atom. The van der Waals surface area contributed by atoms with E-state index >= 15 is 0 Å². The summed E-state index contributed by atoms with van der Waals surface area (Å²) in [5, 5.41) is 3.07. The van der Waals surface area contributed by atoms with Crippen LogP contribution in [0.3, 0.4) is 0 Å². The Bertz CT molecular complexity index is 134. The molecule has 0 amide bonds. The zero-order chi connectivity index (χ0) is 9.23. The van der Waals surface area contributed by atoms with E-state index in [9.17, 15) is 4.79 Å². The van der Waals surface area contributed by atoms with Crippen LogP contribution in [0.5, 0.6) is 0 Å². The quantitative estimate of drug-likeness (QED) is 0.433. The predicted octanol–water partition coefficient (Wildman–Crippen LogP) is 0.758. The van der Waals surface area contributed by atoms with Crippen LogP contribution < -0.4 is 5.32 Å². The molecule has 0 radical (unpaired) electrons. The molecule has 1 N–H and O–H groups in total. The zero-order valence-corrected chi connectivity index (χ0v) is 7.64. The van der Waals surface area contributed by atoms with E-state index in [4.69, 9.17) is 4.74 Å². The molecule has 0 heterocycles. The molecule has 0 bridgehead atoms. The van der Waals surface area contributed by atoms with Gasteiger partial charge in [-0.15, -0.1) is 6.58 Å². The van der Waals surface area contributed by atoms with Crippen molar-refractivity contribution in [2.45, 2.75) is 13.3 Å². The first-order valence-electron chi connectivity index (χ1n) is 4.22. The lowest BCUT2D eigenvalue weighted by Crippen LogP contribution is -2.21. The molecular weight excluding hydrogens is 154 g/mol. The van der Waals surface area contributed by atoms with Crippen molar-refractivity contribution < 1.29 is 9.53 Å². The molecule has 0 aromatic rings. The van der Waals surface area contributed by atoms with E-state index < -0.39 is 0 Å². The van der Waals surface area contributed by atoms with Gasteiger partial charge in [-0.3, -0.25) is 4.79 Å². The molecule has 0 aliphatic rings. The first-order chi connectivity index (χ1) is 5.81. The third-order valence-electron chi connectivity index (χ3n) is 1.37. The average molecular weight is 171 g/mol. The summed E-state index contributed by atoms with van der Waals surface area (Å²) in [7, 11) is 0. The van der Waals surface area contributed by atoms with Crippen molar-refractivity contribution in [2.75, 3.05) is 26.3 Å². The second-order valence-electron chi connectivity index (χ2n) is 2.44. The van der Waals surface area contributed by atoms with Crippen molar-refractivity contribution >= 4 is 5.78 Å². The summed E-state index contributed by atoms with van der Waals surface area (Å²) in [6.07, 6.45) is 2.34. The molecule has 3 nitrogen and oxygen atoms in total. The van der Waals surface area contributed by atoms with Gasteiger partial charge in [-0.2, -0.15) is 0 Å². The average Bonchev–Trinajstić information content (AvgIpc) is 2.10. The van der Waals surface area contributed by atoms with E-state index in [1.807, 2.05) is 6.92 Å². The molecule has 0 spiro atoms. The van der Waals surface area contributed by atoms with E-state index in [1.54, 1.807) is 6.08 Å². The summed E-state index contributed by atoms with van der Waals surface area (Å²) in [6, 6.07) is 0. The van der Waals surface area contributed by atoms with Crippen LogP contribution in [0.1, 0.15) is 13.3 Å². The van der Waals surface area contributed by atoms with E-state index in [0.29, 0.717) is 13.0 Å². The number of Topliss-reactive ketones (excluding diaryl/α,β-unsaturated/α-hetero) is 1. The van der Waals surface area contributed by atoms with Crippen LogP contribution >= 0.6 is 0 Å². The highest BCUT2D eigenvalue weighted by molar-refractivity contribution is 5.79. The van der Waals surface area contributed by atoms with Gasteiger partial charge in [0.1, 0.15) is 6.61 Å². The van der Waals surface area contributed by atoms with Crippen LogP contribution in [0.2, 0.25) is 0 Å². The van der Waals surface area contributed by atoms with Gasteiger partial charge in [0.25, 0.3) is 0 Å². The van der Waals surface area contributed by atoms with Gasteiger partial charge in [0.2, 0.25) is 0 Å².